The summed E-state index contributed by atoms with van der Waals surface area (Å²) in [4.78, 5) is 12.6. The average Bonchev–Trinajstić information content (AvgIpc) is 2.61. The molecule has 0 fully saturated rings. The maximum absolute atomic E-state index is 14.1. The number of aromatic nitrogens is 1. The van der Waals surface area contributed by atoms with E-state index in [9.17, 15) is 4.39 Å². The van der Waals surface area contributed by atoms with Gasteiger partial charge >= 0.3 is 0 Å². The summed E-state index contributed by atoms with van der Waals surface area (Å²) in [6.45, 7) is 10.2. The van der Waals surface area contributed by atoms with Gasteiger partial charge in [0.1, 0.15) is 5.82 Å². The van der Waals surface area contributed by atoms with Crippen molar-refractivity contribution in [2.24, 2.45) is 9.98 Å². The molecule has 0 saturated heterocycles. The van der Waals surface area contributed by atoms with Gasteiger partial charge in [0.15, 0.2) is 0 Å². The van der Waals surface area contributed by atoms with E-state index in [0.29, 0.717) is 17.8 Å². The molecule has 3 nitrogen and oxygen atoms in total. The van der Waals surface area contributed by atoms with Crippen LogP contribution in [0, 0.1) is 5.82 Å². The first kappa shape index (κ1) is 17.7. The highest BCUT2D eigenvalue weighted by Crippen LogP contribution is 2.30. The SMILES string of the molecule is C=Nc1cnccc1C(C)/C(C)=C/C(=NCC)c1ccccc1F. The molecule has 0 aliphatic carbocycles. The van der Waals surface area contributed by atoms with Crippen molar-refractivity contribution in [3.63, 3.8) is 0 Å². The highest BCUT2D eigenvalue weighted by Gasteiger charge is 2.14. The number of halogens is 1. The van der Waals surface area contributed by atoms with Crippen molar-refractivity contribution in [3.8, 4) is 0 Å². The number of rotatable bonds is 6. The van der Waals surface area contributed by atoms with Crippen LogP contribution in [-0.2, 0) is 0 Å². The molecule has 1 unspecified atom stereocenters. The fraction of sp³-hybridized carbons (Fsp3) is 0.250. The third-order valence-electron chi connectivity index (χ3n) is 4.00. The summed E-state index contributed by atoms with van der Waals surface area (Å²) in [7, 11) is 0. The molecule has 0 bridgehead atoms. The van der Waals surface area contributed by atoms with E-state index in [1.54, 1.807) is 24.5 Å². The number of hydrogen-bond acceptors (Lipinski definition) is 3. The molecule has 1 heterocycles. The van der Waals surface area contributed by atoms with Crippen molar-refractivity contribution >= 4 is 18.1 Å². The zero-order chi connectivity index (χ0) is 17.5. The van der Waals surface area contributed by atoms with Crippen LogP contribution in [0.5, 0.6) is 0 Å². The minimum absolute atomic E-state index is 0.0994. The van der Waals surface area contributed by atoms with Crippen LogP contribution in [0.2, 0.25) is 0 Å². The summed E-state index contributed by atoms with van der Waals surface area (Å²) >= 11 is 0. The van der Waals surface area contributed by atoms with E-state index >= 15 is 0 Å². The van der Waals surface area contributed by atoms with Crippen LogP contribution in [0.1, 0.15) is 37.8 Å². The lowest BCUT2D eigenvalue weighted by molar-refractivity contribution is 0.625. The highest BCUT2D eigenvalue weighted by molar-refractivity contribution is 6.09. The fourth-order valence-corrected chi connectivity index (χ4v) is 2.53. The minimum Gasteiger partial charge on any atom is -0.285 e. The molecule has 0 spiro atoms. The lowest BCUT2D eigenvalue weighted by atomic mass is 9.91. The Kier molecular flexibility index (Phi) is 6.13. The maximum atomic E-state index is 14.1. The first-order chi connectivity index (χ1) is 11.6. The lowest BCUT2D eigenvalue weighted by Crippen LogP contribution is -2.05. The number of pyridine rings is 1. The Morgan fingerprint density at radius 3 is 2.75 bits per heavy atom. The van der Waals surface area contributed by atoms with Crippen LogP contribution in [0.25, 0.3) is 0 Å². The largest absolute Gasteiger partial charge is 0.285 e. The van der Waals surface area contributed by atoms with E-state index in [1.165, 1.54) is 6.07 Å². The van der Waals surface area contributed by atoms with E-state index in [2.05, 4.69) is 28.6 Å². The van der Waals surface area contributed by atoms with E-state index in [-0.39, 0.29) is 11.7 Å². The number of nitrogens with zero attached hydrogens (tertiary/aromatic N) is 3. The van der Waals surface area contributed by atoms with Crippen LogP contribution in [0.15, 0.2) is 64.4 Å². The molecular formula is C20H22FN3. The molecule has 0 radical (unpaired) electrons. The summed E-state index contributed by atoms with van der Waals surface area (Å²) in [5, 5.41) is 0. The zero-order valence-electron chi connectivity index (χ0n) is 14.3. The Hall–Kier alpha value is -2.62. The molecule has 0 N–H and O–H groups in total. The molecule has 4 heteroatoms. The Morgan fingerprint density at radius 2 is 2.08 bits per heavy atom. The Morgan fingerprint density at radius 1 is 1.33 bits per heavy atom. The van der Waals surface area contributed by atoms with Crippen LogP contribution in [-0.4, -0.2) is 24.0 Å². The second-order valence-electron chi connectivity index (χ2n) is 5.54. The van der Waals surface area contributed by atoms with Crippen molar-refractivity contribution in [1.82, 2.24) is 4.98 Å². The van der Waals surface area contributed by atoms with Gasteiger partial charge in [-0.25, -0.2) is 4.39 Å². The molecule has 1 aromatic heterocycles. The van der Waals surface area contributed by atoms with Gasteiger partial charge in [-0.15, -0.1) is 0 Å². The smallest absolute Gasteiger partial charge is 0.132 e. The molecule has 1 aromatic carbocycles. The number of aliphatic imine (C=N–C) groups is 2. The van der Waals surface area contributed by atoms with E-state index in [0.717, 1.165) is 16.8 Å². The lowest BCUT2D eigenvalue weighted by Gasteiger charge is -2.15. The second kappa shape index (κ2) is 8.29. The van der Waals surface area contributed by atoms with Crippen molar-refractivity contribution < 1.29 is 4.39 Å². The first-order valence-corrected chi connectivity index (χ1v) is 7.96. The van der Waals surface area contributed by atoms with Gasteiger partial charge in [-0.3, -0.25) is 15.0 Å². The third kappa shape index (κ3) is 4.02. The second-order valence-corrected chi connectivity index (χ2v) is 5.54. The van der Waals surface area contributed by atoms with Gasteiger partial charge in [0, 0.05) is 24.2 Å². The molecule has 124 valence electrons. The Balaban J connectivity index is 2.41. The zero-order valence-corrected chi connectivity index (χ0v) is 14.3. The Bertz CT molecular complexity index is 778. The van der Waals surface area contributed by atoms with Gasteiger partial charge in [0.2, 0.25) is 0 Å². The molecule has 0 aliphatic rings. The van der Waals surface area contributed by atoms with E-state index in [4.69, 9.17) is 0 Å². The molecule has 24 heavy (non-hydrogen) atoms. The fourth-order valence-electron chi connectivity index (χ4n) is 2.53. The number of benzene rings is 1. The van der Waals surface area contributed by atoms with Gasteiger partial charge in [0.25, 0.3) is 0 Å². The van der Waals surface area contributed by atoms with Crippen LogP contribution in [0.4, 0.5) is 10.1 Å². The van der Waals surface area contributed by atoms with Gasteiger partial charge in [-0.1, -0.05) is 24.6 Å². The molecule has 0 saturated carbocycles. The normalized spacial score (nSPS) is 13.7. The van der Waals surface area contributed by atoms with Crippen LogP contribution >= 0.6 is 0 Å². The predicted octanol–water partition coefficient (Wildman–Crippen LogP) is 5.11. The van der Waals surface area contributed by atoms with Crippen molar-refractivity contribution in [2.45, 2.75) is 26.7 Å². The summed E-state index contributed by atoms with van der Waals surface area (Å²) in [5.74, 6) is -0.166. The standard InChI is InChI=1S/C20H22FN3/c1-5-24-19(17-8-6-7-9-18(17)21)12-14(2)15(3)16-10-11-23-13-20(16)22-4/h6-13,15H,4-5H2,1-3H3/b14-12+,24-19?. The van der Waals surface area contributed by atoms with Gasteiger partial charge in [-0.05, 0) is 50.4 Å². The summed E-state index contributed by atoms with van der Waals surface area (Å²) < 4.78 is 14.1. The highest BCUT2D eigenvalue weighted by atomic mass is 19.1. The van der Waals surface area contributed by atoms with Gasteiger partial charge < -0.3 is 0 Å². The average molecular weight is 323 g/mol. The van der Waals surface area contributed by atoms with Crippen molar-refractivity contribution in [2.75, 3.05) is 6.54 Å². The summed E-state index contributed by atoms with van der Waals surface area (Å²) in [6, 6.07) is 8.64. The van der Waals surface area contributed by atoms with Gasteiger partial charge in [-0.2, -0.15) is 0 Å². The predicted molar refractivity (Wildman–Crippen MR) is 99.1 cm³/mol. The summed E-state index contributed by atoms with van der Waals surface area (Å²) in [5.41, 5.74) is 4.04. The monoisotopic (exact) mass is 323 g/mol. The Labute approximate surface area is 142 Å². The molecule has 0 amide bonds. The van der Waals surface area contributed by atoms with Crippen molar-refractivity contribution in [1.29, 1.82) is 0 Å². The van der Waals surface area contributed by atoms with Crippen LogP contribution in [0.3, 0.4) is 0 Å². The molecule has 1 atom stereocenters. The minimum atomic E-state index is -0.265. The van der Waals surface area contributed by atoms with Crippen LogP contribution < -0.4 is 0 Å². The number of hydrogen-bond donors (Lipinski definition) is 0. The van der Waals surface area contributed by atoms with Gasteiger partial charge in [0.05, 0.1) is 17.6 Å². The molecular weight excluding hydrogens is 301 g/mol. The molecule has 2 aromatic rings. The van der Waals surface area contributed by atoms with E-state index < -0.39 is 0 Å². The third-order valence-corrected chi connectivity index (χ3v) is 4.00. The summed E-state index contributed by atoms with van der Waals surface area (Å²) in [6.07, 6.45) is 5.38. The maximum Gasteiger partial charge on any atom is 0.132 e. The van der Waals surface area contributed by atoms with E-state index in [1.807, 2.05) is 32.1 Å². The first-order valence-electron chi connectivity index (χ1n) is 7.96. The molecule has 2 rings (SSSR count). The topological polar surface area (TPSA) is 37.6 Å². The number of allylic oxidation sites excluding steroid dienone is 2. The molecule has 0 aliphatic heterocycles. The quantitative estimate of drug-likeness (QED) is 0.680. The van der Waals surface area contributed by atoms with Crippen molar-refractivity contribution in [3.05, 3.63) is 71.3 Å².